The predicted octanol–water partition coefficient (Wildman–Crippen LogP) is 3.99. The van der Waals surface area contributed by atoms with Crippen LogP contribution in [0.4, 0.5) is 5.69 Å². The van der Waals surface area contributed by atoms with Crippen LogP contribution in [0, 0.1) is 0 Å². The Bertz CT molecular complexity index is 1520. The lowest BCUT2D eigenvalue weighted by molar-refractivity contribution is -0.139. The summed E-state index contributed by atoms with van der Waals surface area (Å²) in [6.45, 7) is 3.68. The van der Waals surface area contributed by atoms with Gasteiger partial charge in [0.05, 0.1) is 33.5 Å². The van der Waals surface area contributed by atoms with E-state index in [4.69, 9.17) is 16.3 Å². The Morgan fingerprint density at radius 3 is 2.63 bits per heavy atom. The van der Waals surface area contributed by atoms with Crippen molar-refractivity contribution in [3.05, 3.63) is 88.0 Å². The van der Waals surface area contributed by atoms with E-state index in [1.807, 2.05) is 43.3 Å². The summed E-state index contributed by atoms with van der Waals surface area (Å²) in [5, 5.41) is 10.6. The van der Waals surface area contributed by atoms with Crippen LogP contribution in [0.5, 0.6) is 5.75 Å². The van der Waals surface area contributed by atoms with Crippen molar-refractivity contribution >= 4 is 56.6 Å². The molecule has 10 heteroatoms. The van der Waals surface area contributed by atoms with E-state index in [2.05, 4.69) is 20.9 Å². The van der Waals surface area contributed by atoms with E-state index in [-0.39, 0.29) is 22.9 Å². The first-order valence-electron chi connectivity index (χ1n) is 10.8. The minimum atomic E-state index is -0.705. The van der Waals surface area contributed by atoms with Crippen molar-refractivity contribution in [2.75, 3.05) is 25.6 Å². The standard InChI is InChI=1S/C25H23BrClN3O4S/c1-5-34-24(33)20-13(2)28-25-30(21(20)14-6-8-17(9-7-14)29(3)4)23(32)19(35-25)11-15-10-16(26)12-18(27)22(15)31/h6-12,21,31H,5H2,1-4H3/b19-11-/t21-/m1/s1. The molecule has 2 aromatic carbocycles. The Morgan fingerprint density at radius 1 is 1.31 bits per heavy atom. The lowest BCUT2D eigenvalue weighted by atomic mass is 9.95. The number of phenols is 1. The molecule has 0 saturated carbocycles. The van der Waals surface area contributed by atoms with Crippen LogP contribution in [0.25, 0.3) is 6.08 Å². The predicted molar refractivity (Wildman–Crippen MR) is 142 cm³/mol. The van der Waals surface area contributed by atoms with Crippen LogP contribution < -0.4 is 19.8 Å². The van der Waals surface area contributed by atoms with Gasteiger partial charge in [-0.2, -0.15) is 0 Å². The summed E-state index contributed by atoms with van der Waals surface area (Å²) >= 11 is 10.6. The molecule has 7 nitrogen and oxygen atoms in total. The average molecular weight is 577 g/mol. The van der Waals surface area contributed by atoms with Crippen LogP contribution in [0.3, 0.4) is 0 Å². The van der Waals surface area contributed by atoms with Crippen molar-refractivity contribution in [1.29, 1.82) is 0 Å². The number of carbonyl (C=O) groups excluding carboxylic acids is 1. The van der Waals surface area contributed by atoms with Gasteiger partial charge in [0.25, 0.3) is 5.56 Å². The normalized spacial score (nSPS) is 15.6. The van der Waals surface area contributed by atoms with E-state index in [0.29, 0.717) is 30.6 Å². The molecule has 35 heavy (non-hydrogen) atoms. The van der Waals surface area contributed by atoms with E-state index in [0.717, 1.165) is 11.3 Å². The Morgan fingerprint density at radius 2 is 2.00 bits per heavy atom. The summed E-state index contributed by atoms with van der Waals surface area (Å²) in [6, 6.07) is 10.2. The number of benzene rings is 2. The Hall–Kier alpha value is -2.88. The molecule has 0 fully saturated rings. The molecule has 1 N–H and O–H groups in total. The number of halogens is 2. The molecule has 2 heterocycles. The van der Waals surface area contributed by atoms with Gasteiger partial charge in [0.15, 0.2) is 4.80 Å². The molecule has 0 saturated heterocycles. The average Bonchev–Trinajstić information content (AvgIpc) is 3.10. The number of thiazole rings is 1. The van der Waals surface area contributed by atoms with Gasteiger partial charge < -0.3 is 14.7 Å². The third-order valence-electron chi connectivity index (χ3n) is 5.59. The monoisotopic (exact) mass is 575 g/mol. The molecule has 1 aromatic heterocycles. The SMILES string of the molecule is CCOC(=O)C1=C(C)N=c2s/c(=C\c3cc(Br)cc(Cl)c3O)c(=O)n2[C@@H]1c1ccc(N(C)C)cc1. The highest BCUT2D eigenvalue weighted by molar-refractivity contribution is 9.10. The van der Waals surface area contributed by atoms with Gasteiger partial charge in [0.2, 0.25) is 0 Å². The van der Waals surface area contributed by atoms with Crippen LogP contribution in [0.2, 0.25) is 5.02 Å². The molecule has 1 aliphatic rings. The highest BCUT2D eigenvalue weighted by atomic mass is 79.9. The lowest BCUT2D eigenvalue weighted by Gasteiger charge is -2.25. The van der Waals surface area contributed by atoms with Gasteiger partial charge in [0.1, 0.15) is 5.75 Å². The van der Waals surface area contributed by atoms with E-state index >= 15 is 0 Å². The quantitative estimate of drug-likeness (QED) is 0.465. The minimum Gasteiger partial charge on any atom is -0.506 e. The zero-order valence-corrected chi connectivity index (χ0v) is 22.7. The van der Waals surface area contributed by atoms with Crippen molar-refractivity contribution in [2.45, 2.75) is 19.9 Å². The van der Waals surface area contributed by atoms with Crippen molar-refractivity contribution in [3.8, 4) is 5.75 Å². The fourth-order valence-electron chi connectivity index (χ4n) is 3.90. The summed E-state index contributed by atoms with van der Waals surface area (Å²) in [4.78, 5) is 33.6. The molecule has 0 aliphatic carbocycles. The van der Waals surface area contributed by atoms with Gasteiger partial charge in [-0.1, -0.05) is 51.0 Å². The van der Waals surface area contributed by atoms with Crippen LogP contribution in [0.1, 0.15) is 31.0 Å². The third-order valence-corrected chi connectivity index (χ3v) is 7.32. The molecule has 1 aliphatic heterocycles. The van der Waals surface area contributed by atoms with Crippen molar-refractivity contribution in [1.82, 2.24) is 4.57 Å². The molecular formula is C25H23BrClN3O4S. The van der Waals surface area contributed by atoms with E-state index in [1.165, 1.54) is 15.9 Å². The smallest absolute Gasteiger partial charge is 0.338 e. The maximum atomic E-state index is 13.7. The fourth-order valence-corrected chi connectivity index (χ4v) is 5.77. The third kappa shape index (κ3) is 4.80. The van der Waals surface area contributed by atoms with Crippen LogP contribution in [-0.4, -0.2) is 36.3 Å². The van der Waals surface area contributed by atoms with Crippen molar-refractivity contribution in [2.24, 2.45) is 4.99 Å². The summed E-state index contributed by atoms with van der Waals surface area (Å²) in [5.41, 5.74) is 2.61. The number of rotatable bonds is 5. The highest BCUT2D eigenvalue weighted by Crippen LogP contribution is 2.33. The molecule has 0 radical (unpaired) electrons. The molecule has 0 bridgehead atoms. The zero-order chi connectivity index (χ0) is 25.4. The molecule has 0 amide bonds. The summed E-state index contributed by atoms with van der Waals surface area (Å²) in [7, 11) is 3.88. The summed E-state index contributed by atoms with van der Waals surface area (Å²) in [6.07, 6.45) is 1.57. The maximum absolute atomic E-state index is 13.7. The maximum Gasteiger partial charge on any atom is 0.338 e. The Labute approximate surface area is 219 Å². The molecular weight excluding hydrogens is 554 g/mol. The number of esters is 1. The van der Waals surface area contributed by atoms with Gasteiger partial charge in [-0.15, -0.1) is 0 Å². The highest BCUT2D eigenvalue weighted by Gasteiger charge is 2.33. The molecule has 182 valence electrons. The fraction of sp³-hybridized carbons (Fsp3) is 0.240. The van der Waals surface area contributed by atoms with E-state index < -0.39 is 12.0 Å². The second-order valence-electron chi connectivity index (χ2n) is 8.11. The van der Waals surface area contributed by atoms with Crippen molar-refractivity contribution < 1.29 is 14.6 Å². The second kappa shape index (κ2) is 10.0. The molecule has 0 unspecified atom stereocenters. The van der Waals surface area contributed by atoms with Crippen LogP contribution in [0.15, 0.2) is 61.9 Å². The zero-order valence-electron chi connectivity index (χ0n) is 19.5. The number of ether oxygens (including phenoxy) is 1. The number of aromatic hydroxyl groups is 1. The number of nitrogens with zero attached hydrogens (tertiary/aromatic N) is 3. The molecule has 0 spiro atoms. The first-order chi connectivity index (χ1) is 16.6. The Kier molecular flexibility index (Phi) is 7.21. The number of allylic oxidation sites excluding steroid dienone is 1. The summed E-state index contributed by atoms with van der Waals surface area (Å²) < 4.78 is 7.85. The minimum absolute atomic E-state index is 0.125. The number of carbonyl (C=O) groups is 1. The lowest BCUT2D eigenvalue weighted by Crippen LogP contribution is -2.39. The number of anilines is 1. The number of aromatic nitrogens is 1. The van der Waals surface area contributed by atoms with Crippen molar-refractivity contribution in [3.63, 3.8) is 0 Å². The largest absolute Gasteiger partial charge is 0.506 e. The van der Waals surface area contributed by atoms with Gasteiger partial charge in [-0.05, 0) is 49.8 Å². The van der Waals surface area contributed by atoms with Crippen LogP contribution in [-0.2, 0) is 9.53 Å². The van der Waals surface area contributed by atoms with E-state index in [9.17, 15) is 14.7 Å². The van der Waals surface area contributed by atoms with Gasteiger partial charge in [0, 0.05) is 29.8 Å². The molecule has 1 atom stereocenters. The van der Waals surface area contributed by atoms with Crippen LogP contribution >= 0.6 is 38.9 Å². The first-order valence-corrected chi connectivity index (χ1v) is 12.8. The van der Waals surface area contributed by atoms with E-state index in [1.54, 1.807) is 32.1 Å². The topological polar surface area (TPSA) is 84.1 Å². The number of hydrogen-bond donors (Lipinski definition) is 1. The van der Waals surface area contributed by atoms with Gasteiger partial charge >= 0.3 is 5.97 Å². The number of phenolic OH excluding ortho intramolecular Hbond substituents is 1. The van der Waals surface area contributed by atoms with Gasteiger partial charge in [-0.25, -0.2) is 9.79 Å². The number of fused-ring (bicyclic) bond motifs is 1. The number of hydrogen-bond acceptors (Lipinski definition) is 7. The van der Waals surface area contributed by atoms with Gasteiger partial charge in [-0.3, -0.25) is 9.36 Å². The molecule has 4 rings (SSSR count). The Balaban J connectivity index is 1.96. The summed E-state index contributed by atoms with van der Waals surface area (Å²) in [5.74, 6) is -0.638. The second-order valence-corrected chi connectivity index (χ2v) is 10.4. The first kappa shape index (κ1) is 25.2. The molecule has 3 aromatic rings.